The van der Waals surface area contributed by atoms with Gasteiger partial charge in [-0.1, -0.05) is 0 Å². The molecule has 0 bridgehead atoms. The number of nitrogens with two attached hydrogens (primary N) is 1. The van der Waals surface area contributed by atoms with Crippen LogP contribution in [0.15, 0.2) is 23.1 Å². The van der Waals surface area contributed by atoms with Gasteiger partial charge in [0.05, 0.1) is 19.1 Å². The number of ether oxygens (including phenoxy) is 2. The number of hydrogen-bond acceptors (Lipinski definition) is 6. The van der Waals surface area contributed by atoms with Gasteiger partial charge in [0.25, 0.3) is 0 Å². The van der Waals surface area contributed by atoms with E-state index in [1.54, 1.807) is 0 Å². The molecule has 0 atom stereocenters. The highest BCUT2D eigenvalue weighted by atomic mass is 35.5. The number of hydrogen-bond donors (Lipinski definition) is 2. The molecule has 120 valence electrons. The highest BCUT2D eigenvalue weighted by Crippen LogP contribution is 2.23. The van der Waals surface area contributed by atoms with Crippen LogP contribution in [0.2, 0.25) is 0 Å². The van der Waals surface area contributed by atoms with E-state index in [4.69, 9.17) is 10.5 Å². The third kappa shape index (κ3) is 5.16. The molecule has 0 heterocycles. The van der Waals surface area contributed by atoms with Gasteiger partial charge in [0.1, 0.15) is 11.3 Å². The summed E-state index contributed by atoms with van der Waals surface area (Å²) in [6.45, 7) is 0.622. The fraction of sp³-hybridized carbons (Fsp3) is 0.417. The number of nitrogens with one attached hydrogen (secondary N) is 1. The van der Waals surface area contributed by atoms with Crippen LogP contribution in [0.25, 0.3) is 0 Å². The molecule has 3 N–H and O–H groups in total. The lowest BCUT2D eigenvalue weighted by atomic mass is 10.2. The molecule has 0 saturated heterocycles. The lowest BCUT2D eigenvalue weighted by molar-refractivity contribution is 0.0597. The summed E-state index contributed by atoms with van der Waals surface area (Å²) >= 11 is 0. The first kappa shape index (κ1) is 19.7. The van der Waals surface area contributed by atoms with Crippen LogP contribution in [0.3, 0.4) is 0 Å². The monoisotopic (exact) mass is 338 g/mol. The number of benzene rings is 1. The van der Waals surface area contributed by atoms with E-state index in [1.165, 1.54) is 32.4 Å². The Morgan fingerprint density at radius 1 is 1.33 bits per heavy atom. The van der Waals surface area contributed by atoms with Gasteiger partial charge < -0.3 is 15.2 Å². The molecule has 0 aliphatic heterocycles. The molecule has 1 rings (SSSR count). The predicted molar refractivity (Wildman–Crippen MR) is 80.4 cm³/mol. The normalized spacial score (nSPS) is 10.6. The Labute approximate surface area is 130 Å². The summed E-state index contributed by atoms with van der Waals surface area (Å²) in [5.74, 6) is -0.418. The molecule has 0 spiro atoms. The first-order chi connectivity index (χ1) is 9.46. The van der Waals surface area contributed by atoms with Crippen LogP contribution in [0.5, 0.6) is 5.75 Å². The molecule has 21 heavy (non-hydrogen) atoms. The molecule has 0 fully saturated rings. The Morgan fingerprint density at radius 3 is 2.52 bits per heavy atom. The lowest BCUT2D eigenvalue weighted by Gasteiger charge is -2.10. The highest BCUT2D eigenvalue weighted by Gasteiger charge is 2.19. The molecule has 0 aromatic heterocycles. The molecular weight excluding hydrogens is 320 g/mol. The summed E-state index contributed by atoms with van der Waals surface area (Å²) in [6.07, 6.45) is 0.527. The molecule has 0 saturated carbocycles. The first-order valence-electron chi connectivity index (χ1n) is 5.92. The van der Waals surface area contributed by atoms with Crippen molar-refractivity contribution in [3.05, 3.63) is 23.8 Å². The molecule has 0 aliphatic carbocycles. The zero-order valence-corrected chi connectivity index (χ0v) is 13.4. The Bertz CT molecular complexity index is 577. The topological polar surface area (TPSA) is 108 Å². The third-order valence-electron chi connectivity index (χ3n) is 2.56. The molecule has 0 radical (unpaired) electrons. The molecule has 9 heteroatoms. The maximum Gasteiger partial charge on any atom is 0.341 e. The molecule has 1 aromatic rings. The fourth-order valence-corrected chi connectivity index (χ4v) is 2.62. The van der Waals surface area contributed by atoms with E-state index in [-0.39, 0.29) is 35.2 Å². The van der Waals surface area contributed by atoms with Crippen molar-refractivity contribution in [2.45, 2.75) is 11.3 Å². The number of carbonyl (C=O) groups is 1. The average molecular weight is 339 g/mol. The van der Waals surface area contributed by atoms with Gasteiger partial charge in [-0.2, -0.15) is 0 Å². The van der Waals surface area contributed by atoms with Crippen LogP contribution in [-0.4, -0.2) is 41.7 Å². The minimum atomic E-state index is -3.69. The van der Waals surface area contributed by atoms with E-state index < -0.39 is 16.0 Å². The zero-order chi connectivity index (χ0) is 15.2. The van der Waals surface area contributed by atoms with E-state index in [0.717, 1.165) is 0 Å². The lowest BCUT2D eigenvalue weighted by Crippen LogP contribution is -2.26. The summed E-state index contributed by atoms with van der Waals surface area (Å²) < 4.78 is 36.0. The van der Waals surface area contributed by atoms with Crippen molar-refractivity contribution in [2.75, 3.05) is 27.3 Å². The van der Waals surface area contributed by atoms with E-state index >= 15 is 0 Å². The van der Waals surface area contributed by atoms with Gasteiger partial charge in [0.15, 0.2) is 0 Å². The van der Waals surface area contributed by atoms with Crippen molar-refractivity contribution in [1.29, 1.82) is 0 Å². The van der Waals surface area contributed by atoms with E-state index in [0.29, 0.717) is 13.0 Å². The second-order valence-electron chi connectivity index (χ2n) is 3.89. The van der Waals surface area contributed by atoms with Crippen LogP contribution >= 0.6 is 12.4 Å². The molecule has 7 nitrogen and oxygen atoms in total. The first-order valence-corrected chi connectivity index (χ1v) is 7.40. The van der Waals surface area contributed by atoms with Gasteiger partial charge in [0.2, 0.25) is 10.0 Å². The largest absolute Gasteiger partial charge is 0.496 e. The highest BCUT2D eigenvalue weighted by molar-refractivity contribution is 7.89. The van der Waals surface area contributed by atoms with Gasteiger partial charge in [-0.25, -0.2) is 17.9 Å². The number of esters is 1. The zero-order valence-electron chi connectivity index (χ0n) is 11.8. The van der Waals surface area contributed by atoms with Crippen LogP contribution in [0, 0.1) is 0 Å². The van der Waals surface area contributed by atoms with E-state index in [1.807, 2.05) is 0 Å². The molecule has 0 unspecified atom stereocenters. The number of carbonyl (C=O) groups excluding carboxylic acids is 1. The number of rotatable bonds is 7. The van der Waals surface area contributed by atoms with Crippen molar-refractivity contribution in [3.63, 3.8) is 0 Å². The maximum absolute atomic E-state index is 12.0. The third-order valence-corrected chi connectivity index (χ3v) is 4.02. The van der Waals surface area contributed by atoms with Gasteiger partial charge in [-0.15, -0.1) is 12.4 Å². The maximum atomic E-state index is 12.0. The number of sulfonamides is 1. The van der Waals surface area contributed by atoms with Crippen LogP contribution in [0.4, 0.5) is 0 Å². The van der Waals surface area contributed by atoms with Crippen LogP contribution in [0.1, 0.15) is 16.8 Å². The minimum Gasteiger partial charge on any atom is -0.496 e. The Balaban J connectivity index is 0.00000400. The average Bonchev–Trinajstić information content (AvgIpc) is 2.45. The van der Waals surface area contributed by atoms with Crippen molar-refractivity contribution in [3.8, 4) is 5.75 Å². The molecule has 0 aliphatic rings. The second-order valence-corrected chi connectivity index (χ2v) is 5.66. The summed E-state index contributed by atoms with van der Waals surface area (Å²) in [7, 11) is -1.10. The standard InChI is InChI=1S/C12H18N2O5S.ClH/c1-18-11-5-4-9(8-10(11)12(15)19-2)20(16,17)14-7-3-6-13;/h4-5,8,14H,3,6-7,13H2,1-2H3;1H. The van der Waals surface area contributed by atoms with Crippen molar-refractivity contribution < 1.29 is 22.7 Å². The van der Waals surface area contributed by atoms with Gasteiger partial charge in [0, 0.05) is 6.54 Å². The summed E-state index contributed by atoms with van der Waals surface area (Å²) in [4.78, 5) is 11.6. The number of methoxy groups -OCH3 is 2. The van der Waals surface area contributed by atoms with E-state index in [2.05, 4.69) is 9.46 Å². The second kappa shape index (κ2) is 8.83. The molecule has 1 aromatic carbocycles. The minimum absolute atomic E-state index is 0. The van der Waals surface area contributed by atoms with Gasteiger partial charge in [-0.05, 0) is 31.2 Å². The Kier molecular flexibility index (Phi) is 8.26. The summed E-state index contributed by atoms with van der Waals surface area (Å²) in [6, 6.07) is 3.98. The predicted octanol–water partition coefficient (Wildman–Crippen LogP) is 0.531. The smallest absolute Gasteiger partial charge is 0.341 e. The molecule has 0 amide bonds. The summed E-state index contributed by atoms with van der Waals surface area (Å²) in [5.41, 5.74) is 5.36. The fourth-order valence-electron chi connectivity index (χ4n) is 1.52. The van der Waals surface area contributed by atoms with Gasteiger partial charge >= 0.3 is 5.97 Å². The van der Waals surface area contributed by atoms with Crippen molar-refractivity contribution in [1.82, 2.24) is 4.72 Å². The van der Waals surface area contributed by atoms with Crippen LogP contribution in [-0.2, 0) is 14.8 Å². The number of halogens is 1. The van der Waals surface area contributed by atoms with Crippen LogP contribution < -0.4 is 15.2 Å². The molecular formula is C12H19ClN2O5S. The Hall–Kier alpha value is -1.35. The van der Waals surface area contributed by atoms with Gasteiger partial charge in [-0.3, -0.25) is 0 Å². The van der Waals surface area contributed by atoms with Crippen molar-refractivity contribution in [2.24, 2.45) is 5.73 Å². The Morgan fingerprint density at radius 2 is 2.00 bits per heavy atom. The summed E-state index contributed by atoms with van der Waals surface area (Å²) in [5, 5.41) is 0. The quantitative estimate of drug-likeness (QED) is 0.554. The van der Waals surface area contributed by atoms with E-state index in [9.17, 15) is 13.2 Å². The SMILES string of the molecule is COC(=O)c1cc(S(=O)(=O)NCCCN)ccc1OC.Cl. The van der Waals surface area contributed by atoms with Crippen molar-refractivity contribution >= 4 is 28.4 Å².